The van der Waals surface area contributed by atoms with E-state index in [0.29, 0.717) is 13.0 Å². The van der Waals surface area contributed by atoms with Gasteiger partial charge >= 0.3 is 6.09 Å². The summed E-state index contributed by atoms with van der Waals surface area (Å²) in [6, 6.07) is 9.35. The smallest absolute Gasteiger partial charge is 0.407 e. The minimum atomic E-state index is -0.524. The van der Waals surface area contributed by atoms with Crippen molar-refractivity contribution in [3.8, 4) is 0 Å². The number of hydrogen-bond acceptors (Lipinski definition) is 5. The predicted octanol–water partition coefficient (Wildman–Crippen LogP) is 0.506. The van der Waals surface area contributed by atoms with Gasteiger partial charge in [0.2, 0.25) is 5.91 Å². The summed E-state index contributed by atoms with van der Waals surface area (Å²) in [5, 5.41) is 20.3. The third-order valence-corrected chi connectivity index (χ3v) is 3.14. The van der Waals surface area contributed by atoms with Crippen molar-refractivity contribution in [1.82, 2.24) is 10.2 Å². The van der Waals surface area contributed by atoms with Crippen molar-refractivity contribution in [2.75, 3.05) is 32.8 Å². The molecule has 1 aromatic rings. The van der Waals surface area contributed by atoms with Crippen LogP contribution >= 0.6 is 0 Å². The number of rotatable bonds is 10. The molecule has 0 saturated heterocycles. The third-order valence-electron chi connectivity index (χ3n) is 3.14. The van der Waals surface area contributed by atoms with Crippen LogP contribution in [-0.4, -0.2) is 60.0 Å². The summed E-state index contributed by atoms with van der Waals surface area (Å²) >= 11 is 0. The second-order valence-corrected chi connectivity index (χ2v) is 4.92. The molecule has 0 bridgehead atoms. The minimum absolute atomic E-state index is 0.143. The number of aliphatic hydroxyl groups excluding tert-OH is 2. The first kappa shape index (κ1) is 18.9. The number of carbonyl (C=O) groups is 2. The summed E-state index contributed by atoms with van der Waals surface area (Å²) < 4.78 is 5.05. The topological polar surface area (TPSA) is 99.1 Å². The molecular weight excluding hydrogens is 300 g/mol. The highest BCUT2D eigenvalue weighted by molar-refractivity contribution is 5.76. The third kappa shape index (κ3) is 8.18. The average molecular weight is 324 g/mol. The van der Waals surface area contributed by atoms with Crippen molar-refractivity contribution >= 4 is 12.0 Å². The lowest BCUT2D eigenvalue weighted by atomic mass is 10.2. The van der Waals surface area contributed by atoms with Gasteiger partial charge in [-0.25, -0.2) is 4.79 Å². The summed E-state index contributed by atoms with van der Waals surface area (Å²) in [6.45, 7) is 0.640. The summed E-state index contributed by atoms with van der Waals surface area (Å²) in [7, 11) is 0. The Morgan fingerprint density at radius 3 is 2.35 bits per heavy atom. The molecule has 1 aromatic carbocycles. The zero-order chi connectivity index (χ0) is 16.9. The molecule has 1 rings (SSSR count). The zero-order valence-corrected chi connectivity index (χ0v) is 13.1. The summed E-state index contributed by atoms with van der Waals surface area (Å²) in [5.74, 6) is -0.160. The number of amides is 2. The van der Waals surface area contributed by atoms with Gasteiger partial charge in [-0.2, -0.15) is 0 Å². The van der Waals surface area contributed by atoms with Gasteiger partial charge in [-0.1, -0.05) is 30.3 Å². The SMILES string of the molecule is O=C(NCCCC(=O)N(CCO)CCO)OCc1ccccc1. The second kappa shape index (κ2) is 11.4. The van der Waals surface area contributed by atoms with Crippen LogP contribution in [0.1, 0.15) is 18.4 Å². The van der Waals surface area contributed by atoms with Crippen LogP contribution in [0.2, 0.25) is 0 Å². The predicted molar refractivity (Wildman–Crippen MR) is 84.6 cm³/mol. The molecule has 0 atom stereocenters. The molecule has 0 unspecified atom stereocenters. The van der Waals surface area contributed by atoms with Gasteiger partial charge in [0.25, 0.3) is 0 Å². The molecule has 3 N–H and O–H groups in total. The maximum absolute atomic E-state index is 11.8. The van der Waals surface area contributed by atoms with Crippen molar-refractivity contribution in [2.45, 2.75) is 19.4 Å². The normalized spacial score (nSPS) is 10.2. The lowest BCUT2D eigenvalue weighted by molar-refractivity contribution is -0.132. The fourth-order valence-electron chi connectivity index (χ4n) is 1.96. The van der Waals surface area contributed by atoms with Crippen LogP contribution in [0.5, 0.6) is 0 Å². The van der Waals surface area contributed by atoms with E-state index in [1.54, 1.807) is 0 Å². The molecule has 0 heterocycles. The zero-order valence-electron chi connectivity index (χ0n) is 13.1. The first-order valence-electron chi connectivity index (χ1n) is 7.61. The molecule has 2 amide bonds. The number of hydrogen-bond donors (Lipinski definition) is 3. The lowest BCUT2D eigenvalue weighted by Gasteiger charge is -2.20. The number of nitrogens with zero attached hydrogens (tertiary/aromatic N) is 1. The van der Waals surface area contributed by atoms with E-state index in [1.807, 2.05) is 30.3 Å². The van der Waals surface area contributed by atoms with E-state index in [-0.39, 0.29) is 45.2 Å². The maximum Gasteiger partial charge on any atom is 0.407 e. The van der Waals surface area contributed by atoms with E-state index in [1.165, 1.54) is 4.90 Å². The largest absolute Gasteiger partial charge is 0.445 e. The van der Waals surface area contributed by atoms with Gasteiger partial charge in [-0.15, -0.1) is 0 Å². The van der Waals surface area contributed by atoms with Crippen molar-refractivity contribution in [1.29, 1.82) is 0 Å². The molecule has 0 spiro atoms. The Balaban J connectivity index is 2.15. The Morgan fingerprint density at radius 1 is 1.09 bits per heavy atom. The van der Waals surface area contributed by atoms with E-state index < -0.39 is 6.09 Å². The molecule has 0 aliphatic carbocycles. The highest BCUT2D eigenvalue weighted by Crippen LogP contribution is 2.01. The van der Waals surface area contributed by atoms with Crippen molar-refractivity contribution < 1.29 is 24.5 Å². The summed E-state index contributed by atoms with van der Waals surface area (Å²) in [4.78, 5) is 24.7. The summed E-state index contributed by atoms with van der Waals surface area (Å²) in [5.41, 5.74) is 0.904. The van der Waals surface area contributed by atoms with E-state index in [9.17, 15) is 9.59 Å². The molecular formula is C16H24N2O5. The standard InChI is InChI=1S/C16H24N2O5/c19-11-9-18(10-12-20)15(21)7-4-8-17-16(22)23-13-14-5-2-1-3-6-14/h1-3,5-6,19-20H,4,7-13H2,(H,17,22). The summed E-state index contributed by atoms with van der Waals surface area (Å²) in [6.07, 6.45) is 0.176. The second-order valence-electron chi connectivity index (χ2n) is 4.92. The monoisotopic (exact) mass is 324 g/mol. The number of carbonyl (C=O) groups excluding carboxylic acids is 2. The quantitative estimate of drug-likeness (QED) is 0.545. The Hall–Kier alpha value is -2.12. The van der Waals surface area contributed by atoms with Crippen LogP contribution in [0, 0.1) is 0 Å². The molecule has 0 saturated carbocycles. The molecule has 0 aromatic heterocycles. The molecule has 0 radical (unpaired) electrons. The molecule has 7 heteroatoms. The van der Waals surface area contributed by atoms with Gasteiger partial charge in [0.1, 0.15) is 6.61 Å². The van der Waals surface area contributed by atoms with Gasteiger partial charge in [0, 0.05) is 26.1 Å². The molecule has 128 valence electrons. The van der Waals surface area contributed by atoms with Crippen LogP contribution in [0.25, 0.3) is 0 Å². The van der Waals surface area contributed by atoms with Gasteiger partial charge in [0.15, 0.2) is 0 Å². The van der Waals surface area contributed by atoms with Crippen LogP contribution in [0.3, 0.4) is 0 Å². The molecule has 0 fully saturated rings. The lowest BCUT2D eigenvalue weighted by Crippen LogP contribution is -2.36. The van der Waals surface area contributed by atoms with Crippen LogP contribution < -0.4 is 5.32 Å². The Bertz CT molecular complexity index is 461. The number of aliphatic hydroxyl groups is 2. The van der Waals surface area contributed by atoms with Crippen molar-refractivity contribution in [3.05, 3.63) is 35.9 Å². The highest BCUT2D eigenvalue weighted by atomic mass is 16.5. The number of alkyl carbamates (subject to hydrolysis) is 1. The number of benzene rings is 1. The molecule has 0 aliphatic heterocycles. The van der Waals surface area contributed by atoms with Crippen LogP contribution in [0.4, 0.5) is 4.79 Å². The number of nitrogens with one attached hydrogen (secondary N) is 1. The fourth-order valence-corrected chi connectivity index (χ4v) is 1.96. The van der Waals surface area contributed by atoms with E-state index >= 15 is 0 Å². The Kier molecular flexibility index (Phi) is 9.42. The van der Waals surface area contributed by atoms with E-state index in [4.69, 9.17) is 14.9 Å². The maximum atomic E-state index is 11.8. The van der Waals surface area contributed by atoms with Crippen LogP contribution in [-0.2, 0) is 16.1 Å². The Labute approximate surface area is 135 Å². The molecule has 0 aliphatic rings. The average Bonchev–Trinajstić information content (AvgIpc) is 2.57. The first-order chi connectivity index (χ1) is 11.2. The van der Waals surface area contributed by atoms with E-state index in [0.717, 1.165) is 5.56 Å². The highest BCUT2D eigenvalue weighted by Gasteiger charge is 2.12. The molecule has 23 heavy (non-hydrogen) atoms. The van der Waals surface area contributed by atoms with Gasteiger partial charge in [0.05, 0.1) is 13.2 Å². The first-order valence-corrected chi connectivity index (χ1v) is 7.61. The van der Waals surface area contributed by atoms with Crippen molar-refractivity contribution in [3.63, 3.8) is 0 Å². The van der Waals surface area contributed by atoms with Gasteiger partial charge < -0.3 is 25.2 Å². The van der Waals surface area contributed by atoms with Crippen molar-refractivity contribution in [2.24, 2.45) is 0 Å². The van der Waals surface area contributed by atoms with Gasteiger partial charge in [-0.3, -0.25) is 4.79 Å². The van der Waals surface area contributed by atoms with Crippen LogP contribution in [0.15, 0.2) is 30.3 Å². The number of ether oxygens (including phenoxy) is 1. The molecule has 7 nitrogen and oxygen atoms in total. The fraction of sp³-hybridized carbons (Fsp3) is 0.500. The van der Waals surface area contributed by atoms with E-state index in [2.05, 4.69) is 5.32 Å². The Morgan fingerprint density at radius 2 is 1.74 bits per heavy atom. The minimum Gasteiger partial charge on any atom is -0.445 e. The van der Waals surface area contributed by atoms with Gasteiger partial charge in [-0.05, 0) is 12.0 Å².